The van der Waals surface area contributed by atoms with E-state index < -0.39 is 10.2 Å². The van der Waals surface area contributed by atoms with Crippen LogP contribution in [-0.4, -0.2) is 20.5 Å². The van der Waals surface area contributed by atoms with Gasteiger partial charge < -0.3 is 0 Å². The number of fused-ring (bicyclic) bond motifs is 1. The van der Waals surface area contributed by atoms with E-state index in [0.717, 1.165) is 19.3 Å². The molecular formula is C5H10N2O2S. The molecule has 1 saturated heterocycles. The fourth-order valence-corrected chi connectivity index (χ4v) is 3.10. The van der Waals surface area contributed by atoms with Crippen LogP contribution in [0.5, 0.6) is 0 Å². The molecule has 1 aliphatic heterocycles. The lowest BCUT2D eigenvalue weighted by Crippen LogP contribution is -2.27. The second-order valence-corrected chi connectivity index (χ2v) is 4.36. The molecule has 2 unspecified atom stereocenters. The topological polar surface area (TPSA) is 58.2 Å². The second-order valence-electron chi connectivity index (χ2n) is 2.88. The van der Waals surface area contributed by atoms with Crippen LogP contribution < -0.4 is 9.44 Å². The molecule has 4 nitrogen and oxygen atoms in total. The van der Waals surface area contributed by atoms with Crippen molar-refractivity contribution in [2.24, 2.45) is 0 Å². The van der Waals surface area contributed by atoms with E-state index in [1.165, 1.54) is 0 Å². The molecule has 1 heterocycles. The highest BCUT2D eigenvalue weighted by molar-refractivity contribution is 7.87. The Hall–Kier alpha value is -0.130. The first kappa shape index (κ1) is 6.57. The zero-order chi connectivity index (χ0) is 7.19. The molecule has 5 heteroatoms. The molecule has 1 saturated carbocycles. The Morgan fingerprint density at radius 2 is 1.60 bits per heavy atom. The average Bonchev–Trinajstić information content (AvgIpc) is 2.20. The van der Waals surface area contributed by atoms with Gasteiger partial charge in [0.05, 0.1) is 0 Å². The van der Waals surface area contributed by atoms with Gasteiger partial charge in [-0.3, -0.25) is 0 Å². The highest BCUT2D eigenvalue weighted by atomic mass is 32.2. The highest BCUT2D eigenvalue weighted by Crippen LogP contribution is 2.23. The zero-order valence-corrected chi connectivity index (χ0v) is 6.32. The molecule has 0 radical (unpaired) electrons. The molecule has 58 valence electrons. The Morgan fingerprint density at radius 3 is 2.10 bits per heavy atom. The monoisotopic (exact) mass is 162 g/mol. The molecule has 0 aromatic carbocycles. The number of hydrogen-bond donors (Lipinski definition) is 2. The summed E-state index contributed by atoms with van der Waals surface area (Å²) >= 11 is 0. The first-order chi connectivity index (χ1) is 4.67. The number of nitrogens with one attached hydrogen (secondary N) is 2. The van der Waals surface area contributed by atoms with Gasteiger partial charge in [0, 0.05) is 12.1 Å². The van der Waals surface area contributed by atoms with Crippen molar-refractivity contribution >= 4 is 10.2 Å². The van der Waals surface area contributed by atoms with Gasteiger partial charge in [-0.1, -0.05) is 6.42 Å². The van der Waals surface area contributed by atoms with Crippen molar-refractivity contribution in [2.45, 2.75) is 31.3 Å². The lowest BCUT2D eigenvalue weighted by atomic mass is 10.2. The van der Waals surface area contributed by atoms with Gasteiger partial charge in [-0.2, -0.15) is 17.9 Å². The summed E-state index contributed by atoms with van der Waals surface area (Å²) in [5, 5.41) is 0. The van der Waals surface area contributed by atoms with E-state index >= 15 is 0 Å². The predicted octanol–water partition coefficient (Wildman–Crippen LogP) is -0.655. The molecule has 10 heavy (non-hydrogen) atoms. The Balaban J connectivity index is 2.21. The third-order valence-electron chi connectivity index (χ3n) is 2.13. The van der Waals surface area contributed by atoms with Gasteiger partial charge in [0.15, 0.2) is 0 Å². The van der Waals surface area contributed by atoms with Crippen molar-refractivity contribution < 1.29 is 8.42 Å². The van der Waals surface area contributed by atoms with E-state index in [-0.39, 0.29) is 12.1 Å². The minimum absolute atomic E-state index is 0.171. The van der Waals surface area contributed by atoms with Gasteiger partial charge in [-0.05, 0) is 12.8 Å². The van der Waals surface area contributed by atoms with Gasteiger partial charge in [-0.25, -0.2) is 0 Å². The van der Waals surface area contributed by atoms with Gasteiger partial charge in [0.2, 0.25) is 0 Å². The summed E-state index contributed by atoms with van der Waals surface area (Å²) < 4.78 is 26.8. The fourth-order valence-electron chi connectivity index (χ4n) is 1.67. The molecule has 0 spiro atoms. The Kier molecular flexibility index (Phi) is 1.27. The van der Waals surface area contributed by atoms with Crippen LogP contribution in [-0.2, 0) is 10.2 Å². The predicted molar refractivity (Wildman–Crippen MR) is 36.6 cm³/mol. The molecule has 0 aromatic heterocycles. The Bertz CT molecular complexity index is 218. The van der Waals surface area contributed by atoms with Crippen LogP contribution in [0.1, 0.15) is 19.3 Å². The smallest absolute Gasteiger partial charge is 0.198 e. The van der Waals surface area contributed by atoms with E-state index in [2.05, 4.69) is 9.44 Å². The van der Waals surface area contributed by atoms with Crippen LogP contribution in [0.3, 0.4) is 0 Å². The van der Waals surface area contributed by atoms with Crippen LogP contribution in [0.2, 0.25) is 0 Å². The molecule has 2 rings (SSSR count). The maximum absolute atomic E-state index is 10.8. The zero-order valence-electron chi connectivity index (χ0n) is 5.50. The number of rotatable bonds is 0. The third kappa shape index (κ3) is 0.941. The van der Waals surface area contributed by atoms with Crippen molar-refractivity contribution in [1.82, 2.24) is 9.44 Å². The quantitative estimate of drug-likeness (QED) is 0.497. The molecule has 2 aliphatic rings. The first-order valence-corrected chi connectivity index (χ1v) is 4.95. The van der Waals surface area contributed by atoms with E-state index in [4.69, 9.17) is 0 Å². The summed E-state index contributed by atoms with van der Waals surface area (Å²) in [7, 11) is -3.11. The highest BCUT2D eigenvalue weighted by Gasteiger charge is 2.38. The first-order valence-electron chi connectivity index (χ1n) is 3.47. The van der Waals surface area contributed by atoms with Crippen molar-refractivity contribution in [3.8, 4) is 0 Å². The Labute approximate surface area is 60.2 Å². The summed E-state index contributed by atoms with van der Waals surface area (Å²) in [4.78, 5) is 0. The van der Waals surface area contributed by atoms with E-state index in [0.29, 0.717) is 0 Å². The SMILES string of the molecule is O=S1(=O)NC2CCCC2N1. The molecule has 2 N–H and O–H groups in total. The summed E-state index contributed by atoms with van der Waals surface area (Å²) in [6.45, 7) is 0. The van der Waals surface area contributed by atoms with Crippen LogP contribution >= 0.6 is 0 Å². The summed E-state index contributed by atoms with van der Waals surface area (Å²) in [6, 6.07) is 0.343. The molecule has 2 fully saturated rings. The lowest BCUT2D eigenvalue weighted by Gasteiger charge is -2.01. The maximum Gasteiger partial charge on any atom is 0.277 e. The van der Waals surface area contributed by atoms with Gasteiger partial charge >= 0.3 is 0 Å². The molecular weight excluding hydrogens is 152 g/mol. The lowest BCUT2D eigenvalue weighted by molar-refractivity contribution is 0.578. The molecule has 2 atom stereocenters. The fraction of sp³-hybridized carbons (Fsp3) is 1.00. The van der Waals surface area contributed by atoms with Gasteiger partial charge in [0.25, 0.3) is 10.2 Å². The van der Waals surface area contributed by atoms with Crippen molar-refractivity contribution in [3.63, 3.8) is 0 Å². The molecule has 0 aromatic rings. The average molecular weight is 162 g/mol. The third-order valence-corrected chi connectivity index (χ3v) is 3.36. The normalized spacial score (nSPS) is 43.6. The van der Waals surface area contributed by atoms with E-state index in [9.17, 15) is 8.42 Å². The van der Waals surface area contributed by atoms with Gasteiger partial charge in [0.1, 0.15) is 0 Å². The van der Waals surface area contributed by atoms with Crippen LogP contribution in [0.15, 0.2) is 0 Å². The molecule has 0 amide bonds. The summed E-state index contributed by atoms with van der Waals surface area (Å²) in [5.41, 5.74) is 0. The second kappa shape index (κ2) is 1.93. The van der Waals surface area contributed by atoms with Crippen LogP contribution in [0, 0.1) is 0 Å². The van der Waals surface area contributed by atoms with Crippen molar-refractivity contribution in [2.75, 3.05) is 0 Å². The Morgan fingerprint density at radius 1 is 1.10 bits per heavy atom. The maximum atomic E-state index is 10.8. The van der Waals surface area contributed by atoms with Crippen molar-refractivity contribution in [3.05, 3.63) is 0 Å². The molecule has 0 bridgehead atoms. The van der Waals surface area contributed by atoms with Crippen LogP contribution in [0.25, 0.3) is 0 Å². The standard InChI is InChI=1S/C5H10N2O2S/c8-10(9)6-4-2-1-3-5(4)7-10/h4-7H,1-3H2. The minimum atomic E-state index is -3.11. The number of hydrogen-bond acceptors (Lipinski definition) is 2. The van der Waals surface area contributed by atoms with Crippen LogP contribution in [0.4, 0.5) is 0 Å². The largest absolute Gasteiger partial charge is 0.277 e. The summed E-state index contributed by atoms with van der Waals surface area (Å²) in [6.07, 6.45) is 3.10. The van der Waals surface area contributed by atoms with Gasteiger partial charge in [-0.15, -0.1) is 0 Å². The van der Waals surface area contributed by atoms with E-state index in [1.807, 2.05) is 0 Å². The van der Waals surface area contributed by atoms with E-state index in [1.54, 1.807) is 0 Å². The van der Waals surface area contributed by atoms with Crippen molar-refractivity contribution in [1.29, 1.82) is 0 Å². The summed E-state index contributed by atoms with van der Waals surface area (Å²) in [5.74, 6) is 0. The molecule has 1 aliphatic carbocycles. The minimum Gasteiger partial charge on any atom is -0.198 e.